The van der Waals surface area contributed by atoms with Gasteiger partial charge in [0.15, 0.2) is 0 Å². The van der Waals surface area contributed by atoms with Gasteiger partial charge in [0.05, 0.1) is 13.7 Å². The van der Waals surface area contributed by atoms with Gasteiger partial charge in [0.25, 0.3) is 0 Å². The molecule has 2 heterocycles. The van der Waals surface area contributed by atoms with Crippen molar-refractivity contribution in [2.45, 2.75) is 38.5 Å². The van der Waals surface area contributed by atoms with Gasteiger partial charge in [-0.3, -0.25) is 4.79 Å². The summed E-state index contributed by atoms with van der Waals surface area (Å²) in [5.74, 6) is 0.0447. The summed E-state index contributed by atoms with van der Waals surface area (Å²) in [6.07, 6.45) is 3.31. The second kappa shape index (κ2) is 8.33. The lowest BCUT2D eigenvalue weighted by atomic mass is 9.85. The highest BCUT2D eigenvalue weighted by Gasteiger charge is 2.36. The van der Waals surface area contributed by atoms with Crippen LogP contribution in [0.25, 0.3) is 0 Å². The van der Waals surface area contributed by atoms with Gasteiger partial charge in [-0.2, -0.15) is 0 Å². The Morgan fingerprint density at radius 3 is 2.67 bits per heavy atom. The molecule has 1 amide bonds. The van der Waals surface area contributed by atoms with Crippen LogP contribution >= 0.6 is 0 Å². The van der Waals surface area contributed by atoms with Crippen LogP contribution in [0.1, 0.15) is 44.1 Å². The summed E-state index contributed by atoms with van der Waals surface area (Å²) in [5.41, 5.74) is 6.99. The first-order valence-electron chi connectivity index (χ1n) is 9.35. The minimum absolute atomic E-state index is 0.0120. The van der Waals surface area contributed by atoms with Crippen molar-refractivity contribution < 1.29 is 23.8 Å². The Bertz CT molecular complexity index is 753. The van der Waals surface area contributed by atoms with Gasteiger partial charge in [0.1, 0.15) is 17.1 Å². The summed E-state index contributed by atoms with van der Waals surface area (Å²) in [7, 11) is 1.56. The van der Waals surface area contributed by atoms with Gasteiger partial charge < -0.3 is 24.8 Å². The van der Waals surface area contributed by atoms with Crippen molar-refractivity contribution in [1.29, 1.82) is 0 Å². The molecule has 3 rings (SSSR count). The van der Waals surface area contributed by atoms with E-state index in [1.807, 2.05) is 11.0 Å². The van der Waals surface area contributed by atoms with Crippen molar-refractivity contribution in [1.82, 2.24) is 4.90 Å². The summed E-state index contributed by atoms with van der Waals surface area (Å²) >= 11 is 0. The summed E-state index contributed by atoms with van der Waals surface area (Å²) in [4.78, 5) is 27.3. The third-order valence-corrected chi connectivity index (χ3v) is 5.01. The highest BCUT2D eigenvalue weighted by molar-refractivity contribution is 5.93. The number of nitrogens with zero attached hydrogens (tertiary/aromatic N) is 1. The molecule has 1 atom stereocenters. The number of hydrogen-bond donors (Lipinski definition) is 1. The van der Waals surface area contributed by atoms with E-state index in [0.717, 1.165) is 37.9 Å². The molecule has 0 aromatic heterocycles. The second-order valence-electron chi connectivity index (χ2n) is 6.70. The van der Waals surface area contributed by atoms with Gasteiger partial charge in [-0.05, 0) is 32.3 Å². The molecule has 1 unspecified atom stereocenters. The van der Waals surface area contributed by atoms with Crippen LogP contribution in [0.5, 0.6) is 11.5 Å². The Kier molecular flexibility index (Phi) is 5.88. The van der Waals surface area contributed by atoms with E-state index in [-0.39, 0.29) is 30.4 Å². The average Bonchev–Trinajstić information content (AvgIpc) is 2.68. The Balaban J connectivity index is 1.94. The van der Waals surface area contributed by atoms with Crippen LogP contribution in [-0.4, -0.2) is 43.6 Å². The number of rotatable bonds is 5. The third-order valence-electron chi connectivity index (χ3n) is 5.01. The van der Waals surface area contributed by atoms with Gasteiger partial charge in [-0.1, -0.05) is 6.07 Å². The summed E-state index contributed by atoms with van der Waals surface area (Å²) in [6.45, 7) is 3.46. The van der Waals surface area contributed by atoms with Crippen LogP contribution in [-0.2, 0) is 14.3 Å². The van der Waals surface area contributed by atoms with E-state index in [2.05, 4.69) is 0 Å². The monoisotopic (exact) mass is 374 g/mol. The van der Waals surface area contributed by atoms with Crippen LogP contribution in [0.3, 0.4) is 0 Å². The summed E-state index contributed by atoms with van der Waals surface area (Å²) in [6, 6.07) is 5.31. The molecule has 7 nitrogen and oxygen atoms in total. The number of ether oxygens (including phenoxy) is 3. The van der Waals surface area contributed by atoms with Crippen LogP contribution < -0.4 is 15.2 Å². The normalized spacial score (nSPS) is 19.2. The van der Waals surface area contributed by atoms with E-state index in [0.29, 0.717) is 11.5 Å². The number of likely N-dealkylation sites (tertiary alicyclic amines) is 1. The number of carbonyl (C=O) groups is 2. The molecule has 1 aromatic rings. The molecule has 1 saturated heterocycles. The van der Waals surface area contributed by atoms with Crippen molar-refractivity contribution in [3.8, 4) is 11.5 Å². The smallest absolute Gasteiger partial charge is 0.340 e. The Morgan fingerprint density at radius 1 is 1.26 bits per heavy atom. The van der Waals surface area contributed by atoms with Gasteiger partial charge in [0, 0.05) is 37.1 Å². The maximum absolute atomic E-state index is 12.9. The van der Waals surface area contributed by atoms with Crippen molar-refractivity contribution in [2.24, 2.45) is 5.73 Å². The maximum Gasteiger partial charge on any atom is 0.340 e. The highest BCUT2D eigenvalue weighted by atomic mass is 16.5. The number of carbonyl (C=O) groups excluding carboxylic acids is 2. The van der Waals surface area contributed by atoms with Gasteiger partial charge in [-0.15, -0.1) is 0 Å². The van der Waals surface area contributed by atoms with Gasteiger partial charge in [-0.25, -0.2) is 4.79 Å². The van der Waals surface area contributed by atoms with E-state index in [1.54, 1.807) is 26.2 Å². The Morgan fingerprint density at radius 2 is 2.00 bits per heavy atom. The van der Waals surface area contributed by atoms with Crippen LogP contribution in [0.15, 0.2) is 29.7 Å². The number of benzene rings is 1. The molecule has 0 radical (unpaired) electrons. The zero-order chi connectivity index (χ0) is 19.4. The third kappa shape index (κ3) is 4.02. The number of methoxy groups -OCH3 is 1. The fraction of sp³-hybridized carbons (Fsp3) is 0.500. The lowest BCUT2D eigenvalue weighted by Crippen LogP contribution is -2.37. The fourth-order valence-corrected chi connectivity index (χ4v) is 3.63. The molecule has 2 N–H and O–H groups in total. The van der Waals surface area contributed by atoms with E-state index < -0.39 is 11.9 Å². The standard InChI is InChI=1S/C20H26N2O5/c1-3-26-20(24)18-15(12-17(23)22-9-5-4-6-10-22)14-8-7-13(25-2)11-16(14)27-19(18)21/h7-8,11,15H,3-6,9-10,12,21H2,1-2H3. The average molecular weight is 374 g/mol. The van der Waals surface area contributed by atoms with E-state index in [1.165, 1.54) is 0 Å². The predicted molar refractivity (Wildman–Crippen MR) is 99.3 cm³/mol. The first kappa shape index (κ1) is 19.1. The molecule has 0 aliphatic carbocycles. The van der Waals surface area contributed by atoms with Gasteiger partial charge >= 0.3 is 5.97 Å². The largest absolute Gasteiger partial charge is 0.497 e. The number of nitrogens with two attached hydrogens (primary N) is 1. The molecule has 1 fully saturated rings. The second-order valence-corrected chi connectivity index (χ2v) is 6.70. The first-order chi connectivity index (χ1) is 13.0. The number of esters is 1. The minimum atomic E-state index is -0.548. The Labute approximate surface area is 159 Å². The molecule has 1 aromatic carbocycles. The van der Waals surface area contributed by atoms with Crippen molar-refractivity contribution in [3.05, 3.63) is 35.2 Å². The molecule has 2 aliphatic rings. The van der Waals surface area contributed by atoms with E-state index in [9.17, 15) is 9.59 Å². The number of hydrogen-bond acceptors (Lipinski definition) is 6. The number of amides is 1. The zero-order valence-corrected chi connectivity index (χ0v) is 15.8. The Hall–Kier alpha value is -2.70. The number of fused-ring (bicyclic) bond motifs is 1. The molecular weight excluding hydrogens is 348 g/mol. The van der Waals surface area contributed by atoms with Crippen LogP contribution in [0, 0.1) is 0 Å². The van der Waals surface area contributed by atoms with Gasteiger partial charge in [0.2, 0.25) is 11.8 Å². The molecule has 2 aliphatic heterocycles. The number of piperidine rings is 1. The molecule has 27 heavy (non-hydrogen) atoms. The molecule has 7 heteroatoms. The van der Waals surface area contributed by atoms with E-state index >= 15 is 0 Å². The van der Waals surface area contributed by atoms with Crippen molar-refractivity contribution in [2.75, 3.05) is 26.8 Å². The quantitative estimate of drug-likeness (QED) is 0.796. The van der Waals surface area contributed by atoms with Crippen molar-refractivity contribution >= 4 is 11.9 Å². The van der Waals surface area contributed by atoms with Crippen LogP contribution in [0.2, 0.25) is 0 Å². The SMILES string of the molecule is CCOC(=O)C1=C(N)Oc2cc(OC)ccc2C1CC(=O)N1CCCCC1. The predicted octanol–water partition coefficient (Wildman–Crippen LogP) is 2.31. The maximum atomic E-state index is 12.9. The highest BCUT2D eigenvalue weighted by Crippen LogP contribution is 2.42. The molecular formula is C20H26N2O5. The summed E-state index contributed by atoms with van der Waals surface area (Å²) in [5, 5.41) is 0. The molecule has 0 bridgehead atoms. The lowest BCUT2D eigenvalue weighted by Gasteiger charge is -2.31. The molecule has 146 valence electrons. The fourth-order valence-electron chi connectivity index (χ4n) is 3.63. The minimum Gasteiger partial charge on any atom is -0.497 e. The topological polar surface area (TPSA) is 91.1 Å². The lowest BCUT2D eigenvalue weighted by molar-refractivity contribution is -0.139. The first-order valence-corrected chi connectivity index (χ1v) is 9.35. The van der Waals surface area contributed by atoms with Crippen molar-refractivity contribution in [3.63, 3.8) is 0 Å². The summed E-state index contributed by atoms with van der Waals surface area (Å²) < 4.78 is 16.1. The zero-order valence-electron chi connectivity index (χ0n) is 15.8. The molecule has 0 saturated carbocycles. The van der Waals surface area contributed by atoms with E-state index in [4.69, 9.17) is 19.9 Å². The molecule has 0 spiro atoms. The van der Waals surface area contributed by atoms with Crippen LogP contribution in [0.4, 0.5) is 0 Å².